The van der Waals surface area contributed by atoms with E-state index in [1.54, 1.807) is 12.1 Å². The number of hydrogen-bond donors (Lipinski definition) is 1. The van der Waals surface area contributed by atoms with Crippen LogP contribution in [0.4, 0.5) is 5.69 Å². The maximum Gasteiger partial charge on any atom is 0.335 e. The van der Waals surface area contributed by atoms with Gasteiger partial charge >= 0.3 is 5.97 Å². The van der Waals surface area contributed by atoms with Gasteiger partial charge in [0, 0.05) is 11.9 Å². The van der Waals surface area contributed by atoms with Crippen molar-refractivity contribution in [3.05, 3.63) is 23.8 Å². The van der Waals surface area contributed by atoms with Crippen LogP contribution in [0.1, 0.15) is 10.4 Å². The maximum atomic E-state index is 10.7. The molecule has 0 saturated heterocycles. The number of carbonyl (C=O) groups is 1. The molecule has 1 N–H and O–H groups in total. The second kappa shape index (κ2) is 3.92. The normalized spacial score (nSPS) is 13.8. The number of fused-ring (bicyclic) bond motifs is 1. The van der Waals surface area contributed by atoms with Crippen LogP contribution < -0.4 is 5.06 Å². The monoisotopic (exact) mass is 224 g/mol. The minimum absolute atomic E-state index is 0.245. The van der Waals surface area contributed by atoms with Gasteiger partial charge in [0.2, 0.25) is 0 Å². The summed E-state index contributed by atoms with van der Waals surface area (Å²) in [4.78, 5) is 16.5. The van der Waals surface area contributed by atoms with Gasteiger partial charge < -0.3 is 5.11 Å². The standard InChI is InChI=1S/C9H8N2O3S/c1-14-11-5-10-15-8-4-6(9(12)13)2-3-7(8)11/h2-5H,1H3,(H,12,13). The smallest absolute Gasteiger partial charge is 0.335 e. The van der Waals surface area contributed by atoms with Gasteiger partial charge in [-0.25, -0.2) is 9.86 Å². The molecule has 0 radical (unpaired) electrons. The molecule has 0 aromatic heterocycles. The number of rotatable bonds is 2. The van der Waals surface area contributed by atoms with Crippen molar-refractivity contribution < 1.29 is 14.7 Å². The zero-order chi connectivity index (χ0) is 10.8. The molecule has 0 unspecified atom stereocenters. The van der Waals surface area contributed by atoms with Gasteiger partial charge in [-0.15, -0.1) is 0 Å². The molecular weight excluding hydrogens is 216 g/mol. The lowest BCUT2D eigenvalue weighted by atomic mass is 10.2. The first kappa shape index (κ1) is 10.0. The maximum absolute atomic E-state index is 10.7. The van der Waals surface area contributed by atoms with Crippen molar-refractivity contribution >= 4 is 29.9 Å². The lowest BCUT2D eigenvalue weighted by molar-refractivity contribution is 0.0696. The molecule has 78 valence electrons. The molecule has 0 amide bonds. The van der Waals surface area contributed by atoms with E-state index in [-0.39, 0.29) is 5.56 Å². The summed E-state index contributed by atoms with van der Waals surface area (Å²) in [6.45, 7) is 0. The molecule has 0 atom stereocenters. The van der Waals surface area contributed by atoms with E-state index in [2.05, 4.69) is 4.40 Å². The Bertz CT molecular complexity index is 433. The third-order valence-corrected chi connectivity index (χ3v) is 2.67. The number of aromatic carboxylic acids is 1. The van der Waals surface area contributed by atoms with Gasteiger partial charge in [0.1, 0.15) is 6.34 Å². The van der Waals surface area contributed by atoms with Crippen molar-refractivity contribution in [3.63, 3.8) is 0 Å². The Hall–Kier alpha value is -1.53. The Balaban J connectivity index is 2.43. The zero-order valence-corrected chi connectivity index (χ0v) is 8.69. The highest BCUT2D eigenvalue weighted by atomic mass is 32.2. The molecule has 5 nitrogen and oxygen atoms in total. The molecule has 1 aromatic carbocycles. The average Bonchev–Trinajstić information content (AvgIpc) is 2.27. The number of hydrogen-bond acceptors (Lipinski definition) is 5. The van der Waals surface area contributed by atoms with Crippen molar-refractivity contribution in [2.24, 2.45) is 4.40 Å². The fraction of sp³-hybridized carbons (Fsp3) is 0.111. The molecule has 0 bridgehead atoms. The Labute approximate surface area is 90.5 Å². The van der Waals surface area contributed by atoms with Crippen LogP contribution in [0.3, 0.4) is 0 Å². The highest BCUT2D eigenvalue weighted by Gasteiger charge is 2.16. The third-order valence-electron chi connectivity index (χ3n) is 1.94. The molecule has 0 saturated carbocycles. The highest BCUT2D eigenvalue weighted by Crippen LogP contribution is 2.34. The van der Waals surface area contributed by atoms with Crippen LogP contribution >= 0.6 is 11.9 Å². The summed E-state index contributed by atoms with van der Waals surface area (Å²) in [6, 6.07) is 4.80. The van der Waals surface area contributed by atoms with Crippen molar-refractivity contribution in [1.29, 1.82) is 0 Å². The second-order valence-corrected chi connectivity index (χ2v) is 3.64. The summed E-state index contributed by atoms with van der Waals surface area (Å²) in [5.74, 6) is -0.947. The van der Waals surface area contributed by atoms with Crippen LogP contribution in [-0.4, -0.2) is 24.5 Å². The van der Waals surface area contributed by atoms with Crippen LogP contribution in [-0.2, 0) is 4.84 Å². The average molecular weight is 224 g/mol. The van der Waals surface area contributed by atoms with Crippen LogP contribution in [0.2, 0.25) is 0 Å². The van der Waals surface area contributed by atoms with Crippen molar-refractivity contribution in [1.82, 2.24) is 0 Å². The minimum atomic E-state index is -0.947. The van der Waals surface area contributed by atoms with Gasteiger partial charge in [0.05, 0.1) is 23.3 Å². The molecular formula is C9H8N2O3S. The van der Waals surface area contributed by atoms with E-state index < -0.39 is 5.97 Å². The van der Waals surface area contributed by atoms with Crippen molar-refractivity contribution in [2.45, 2.75) is 4.90 Å². The number of benzene rings is 1. The van der Waals surface area contributed by atoms with E-state index in [9.17, 15) is 4.79 Å². The molecule has 6 heteroatoms. The van der Waals surface area contributed by atoms with Crippen LogP contribution in [0.15, 0.2) is 27.5 Å². The zero-order valence-electron chi connectivity index (χ0n) is 7.88. The molecule has 0 fully saturated rings. The van der Waals surface area contributed by atoms with E-state index in [0.29, 0.717) is 0 Å². The largest absolute Gasteiger partial charge is 0.478 e. The molecule has 1 aliphatic rings. The van der Waals surface area contributed by atoms with Gasteiger partial charge in [-0.05, 0) is 18.2 Å². The third kappa shape index (κ3) is 1.81. The summed E-state index contributed by atoms with van der Waals surface area (Å²) in [5.41, 5.74) is 1.04. The van der Waals surface area contributed by atoms with Crippen LogP contribution in [0, 0.1) is 0 Å². The number of anilines is 1. The van der Waals surface area contributed by atoms with Gasteiger partial charge in [-0.3, -0.25) is 4.84 Å². The fourth-order valence-electron chi connectivity index (χ4n) is 1.23. The van der Waals surface area contributed by atoms with Crippen molar-refractivity contribution in [2.75, 3.05) is 12.2 Å². The number of nitrogens with zero attached hydrogens (tertiary/aromatic N) is 2. The first-order valence-electron chi connectivity index (χ1n) is 4.13. The highest BCUT2D eigenvalue weighted by molar-refractivity contribution is 7.98. The fourth-order valence-corrected chi connectivity index (χ4v) is 1.91. The predicted octanol–water partition coefficient (Wildman–Crippen LogP) is 1.80. The predicted molar refractivity (Wildman–Crippen MR) is 57.2 cm³/mol. The number of carboxylic acid groups (broad SMARTS) is 1. The lowest BCUT2D eigenvalue weighted by Crippen LogP contribution is -2.21. The van der Waals surface area contributed by atoms with Crippen LogP contribution in [0.25, 0.3) is 0 Å². The van der Waals surface area contributed by atoms with E-state index in [1.807, 2.05) is 0 Å². The number of hydroxylamine groups is 1. The topological polar surface area (TPSA) is 62.1 Å². The molecule has 1 aromatic rings. The Morgan fingerprint density at radius 3 is 3.07 bits per heavy atom. The molecule has 0 aliphatic carbocycles. The second-order valence-electron chi connectivity index (χ2n) is 2.81. The first-order valence-corrected chi connectivity index (χ1v) is 4.91. The Kier molecular flexibility index (Phi) is 2.61. The van der Waals surface area contributed by atoms with E-state index >= 15 is 0 Å². The molecule has 1 heterocycles. The molecule has 2 rings (SSSR count). The van der Waals surface area contributed by atoms with E-state index in [1.165, 1.54) is 36.5 Å². The minimum Gasteiger partial charge on any atom is -0.478 e. The summed E-state index contributed by atoms with van der Waals surface area (Å²) in [7, 11) is 1.52. The Morgan fingerprint density at radius 1 is 1.60 bits per heavy atom. The SMILES string of the molecule is CON1C=NSc2cc(C(=O)O)ccc21. The van der Waals surface area contributed by atoms with Gasteiger partial charge in [0.15, 0.2) is 0 Å². The first-order chi connectivity index (χ1) is 7.22. The van der Waals surface area contributed by atoms with Crippen molar-refractivity contribution in [3.8, 4) is 0 Å². The lowest BCUT2D eigenvalue weighted by Gasteiger charge is -2.21. The summed E-state index contributed by atoms with van der Waals surface area (Å²) >= 11 is 1.22. The van der Waals surface area contributed by atoms with Gasteiger partial charge in [0.25, 0.3) is 0 Å². The number of carboxylic acids is 1. The summed E-state index contributed by atoms with van der Waals surface area (Å²) in [5, 5.41) is 10.3. The summed E-state index contributed by atoms with van der Waals surface area (Å²) < 4.78 is 3.97. The Morgan fingerprint density at radius 2 is 2.40 bits per heavy atom. The van der Waals surface area contributed by atoms with E-state index in [4.69, 9.17) is 9.94 Å². The van der Waals surface area contributed by atoms with Crippen LogP contribution in [0.5, 0.6) is 0 Å². The van der Waals surface area contributed by atoms with E-state index in [0.717, 1.165) is 10.6 Å². The molecule has 1 aliphatic heterocycles. The summed E-state index contributed by atoms with van der Waals surface area (Å²) in [6.07, 6.45) is 1.54. The van der Waals surface area contributed by atoms with Gasteiger partial charge in [-0.1, -0.05) is 0 Å². The van der Waals surface area contributed by atoms with Gasteiger partial charge in [-0.2, -0.15) is 4.40 Å². The molecule has 0 spiro atoms. The molecule has 15 heavy (non-hydrogen) atoms. The quantitative estimate of drug-likeness (QED) is 0.776.